The molecule has 1 aliphatic heterocycles. The van der Waals surface area contributed by atoms with E-state index in [-0.39, 0.29) is 17.2 Å². The third kappa shape index (κ3) is 3.41. The fraction of sp³-hybridized carbons (Fsp3) is 0.667. The van der Waals surface area contributed by atoms with Crippen LogP contribution in [0.2, 0.25) is 0 Å². The van der Waals surface area contributed by atoms with Crippen LogP contribution in [0.3, 0.4) is 0 Å². The Morgan fingerprint density at radius 3 is 2.35 bits per heavy atom. The Balaban J connectivity index is 2.13. The molecular weight excluding hydrogens is 254 g/mol. The summed E-state index contributed by atoms with van der Waals surface area (Å²) in [6.45, 7) is 12.4. The largest absolute Gasteiger partial charge is 0.503 e. The second kappa shape index (κ2) is 6.41. The summed E-state index contributed by atoms with van der Waals surface area (Å²) >= 11 is 0. The fourth-order valence-corrected chi connectivity index (χ4v) is 2.68. The topological polar surface area (TPSA) is 48.7 Å². The van der Waals surface area contributed by atoms with Gasteiger partial charge in [-0.2, -0.15) is 0 Å². The highest BCUT2D eigenvalue weighted by atomic mass is 16.3. The summed E-state index contributed by atoms with van der Waals surface area (Å²) in [7, 11) is 0. The first kappa shape index (κ1) is 15.1. The first-order chi connectivity index (χ1) is 9.51. The highest BCUT2D eigenvalue weighted by molar-refractivity contribution is 5.21. The molecule has 112 valence electrons. The van der Waals surface area contributed by atoms with Crippen molar-refractivity contribution < 1.29 is 5.11 Å². The highest BCUT2D eigenvalue weighted by Crippen LogP contribution is 2.15. The van der Waals surface area contributed by atoms with Crippen molar-refractivity contribution in [2.75, 3.05) is 32.7 Å². The predicted molar refractivity (Wildman–Crippen MR) is 80.1 cm³/mol. The van der Waals surface area contributed by atoms with Crippen molar-refractivity contribution in [3.05, 3.63) is 28.2 Å². The number of likely N-dealkylation sites (N-methyl/N-ethyl adjacent to an activating group) is 1. The number of hydrogen-bond acceptors (Lipinski definition) is 4. The molecule has 0 bridgehead atoms. The molecule has 1 aromatic heterocycles. The average Bonchev–Trinajstić information content (AvgIpc) is 2.43. The van der Waals surface area contributed by atoms with Crippen LogP contribution in [0.4, 0.5) is 0 Å². The Labute approximate surface area is 120 Å². The highest BCUT2D eigenvalue weighted by Gasteiger charge is 2.17. The Morgan fingerprint density at radius 1 is 1.20 bits per heavy atom. The van der Waals surface area contributed by atoms with Gasteiger partial charge in [-0.05, 0) is 20.4 Å². The van der Waals surface area contributed by atoms with E-state index < -0.39 is 0 Å². The smallest absolute Gasteiger partial charge is 0.223 e. The van der Waals surface area contributed by atoms with Gasteiger partial charge in [0.2, 0.25) is 5.43 Å². The summed E-state index contributed by atoms with van der Waals surface area (Å²) in [5, 5.41) is 9.59. The van der Waals surface area contributed by atoms with Gasteiger partial charge in [0.1, 0.15) is 0 Å². The van der Waals surface area contributed by atoms with E-state index in [0.29, 0.717) is 0 Å². The van der Waals surface area contributed by atoms with Crippen molar-refractivity contribution in [3.8, 4) is 5.75 Å². The molecule has 1 aliphatic rings. The minimum absolute atomic E-state index is 0.168. The van der Waals surface area contributed by atoms with Crippen molar-refractivity contribution in [3.63, 3.8) is 0 Å². The van der Waals surface area contributed by atoms with E-state index in [1.54, 1.807) is 12.3 Å². The number of nitrogens with zero attached hydrogens (tertiary/aromatic N) is 3. The van der Waals surface area contributed by atoms with Gasteiger partial charge in [-0.25, -0.2) is 0 Å². The summed E-state index contributed by atoms with van der Waals surface area (Å²) in [5.74, 6) is -0.168. The van der Waals surface area contributed by atoms with Gasteiger partial charge in [0.05, 0.1) is 6.20 Å². The predicted octanol–water partition coefficient (Wildman–Crippen LogP) is 1.27. The van der Waals surface area contributed by atoms with Crippen molar-refractivity contribution >= 4 is 0 Å². The zero-order valence-corrected chi connectivity index (χ0v) is 12.7. The standard InChI is InChI=1S/C15H25N3O2/c1-4-16-5-7-17(8-6-16)10-13-9-14(19)15(20)11-18(13)12(2)3/h9,11-12,20H,4-8,10H2,1-3H3. The molecule has 5 heteroatoms. The molecule has 0 unspecified atom stereocenters. The van der Waals surface area contributed by atoms with Crippen LogP contribution in [0, 0.1) is 0 Å². The Hall–Kier alpha value is -1.33. The summed E-state index contributed by atoms with van der Waals surface area (Å²) in [6.07, 6.45) is 1.56. The van der Waals surface area contributed by atoms with Gasteiger partial charge >= 0.3 is 0 Å². The van der Waals surface area contributed by atoms with E-state index in [2.05, 4.69) is 30.6 Å². The maximum atomic E-state index is 11.7. The van der Waals surface area contributed by atoms with Crippen LogP contribution in [0.5, 0.6) is 5.75 Å². The molecular formula is C15H25N3O2. The van der Waals surface area contributed by atoms with Gasteiger partial charge in [-0.15, -0.1) is 0 Å². The van der Waals surface area contributed by atoms with Crippen LogP contribution in [-0.4, -0.2) is 52.2 Å². The summed E-state index contributed by atoms with van der Waals surface area (Å²) < 4.78 is 1.99. The normalized spacial score (nSPS) is 17.8. The first-order valence-electron chi connectivity index (χ1n) is 7.40. The summed E-state index contributed by atoms with van der Waals surface area (Å²) in [4.78, 5) is 16.5. The average molecular weight is 279 g/mol. The third-order valence-electron chi connectivity index (χ3n) is 4.00. The molecule has 20 heavy (non-hydrogen) atoms. The molecule has 0 spiro atoms. The number of aromatic hydroxyl groups is 1. The summed E-state index contributed by atoms with van der Waals surface area (Å²) in [5.41, 5.74) is 0.692. The molecule has 5 nitrogen and oxygen atoms in total. The SMILES string of the molecule is CCN1CCN(Cc2cc(=O)c(O)cn2C(C)C)CC1. The number of pyridine rings is 1. The van der Waals surface area contributed by atoms with Crippen LogP contribution in [-0.2, 0) is 6.54 Å². The molecule has 0 aliphatic carbocycles. The molecule has 1 saturated heterocycles. The minimum atomic E-state index is -0.288. The second-order valence-corrected chi connectivity index (χ2v) is 5.73. The number of hydrogen-bond donors (Lipinski definition) is 1. The van der Waals surface area contributed by atoms with Crippen molar-refractivity contribution in [2.45, 2.75) is 33.4 Å². The molecule has 0 aromatic carbocycles. The van der Waals surface area contributed by atoms with E-state index in [9.17, 15) is 9.90 Å². The monoisotopic (exact) mass is 279 g/mol. The Kier molecular flexibility index (Phi) is 4.83. The van der Waals surface area contributed by atoms with E-state index >= 15 is 0 Å². The van der Waals surface area contributed by atoms with Gasteiger partial charge in [-0.1, -0.05) is 6.92 Å². The summed E-state index contributed by atoms with van der Waals surface area (Å²) in [6, 6.07) is 1.80. The molecule has 1 aromatic rings. The number of piperazine rings is 1. The van der Waals surface area contributed by atoms with Gasteiger partial charge in [0.25, 0.3) is 0 Å². The van der Waals surface area contributed by atoms with Crippen molar-refractivity contribution in [1.82, 2.24) is 14.4 Å². The van der Waals surface area contributed by atoms with E-state index in [0.717, 1.165) is 45.0 Å². The molecule has 0 saturated carbocycles. The maximum absolute atomic E-state index is 11.7. The van der Waals surface area contributed by atoms with E-state index in [4.69, 9.17) is 0 Å². The molecule has 1 N–H and O–H groups in total. The molecule has 0 amide bonds. The number of rotatable bonds is 4. The quantitative estimate of drug-likeness (QED) is 0.902. The zero-order valence-electron chi connectivity index (χ0n) is 12.7. The lowest BCUT2D eigenvalue weighted by atomic mass is 10.2. The van der Waals surface area contributed by atoms with Crippen molar-refractivity contribution in [2.24, 2.45) is 0 Å². The van der Waals surface area contributed by atoms with Crippen LogP contribution >= 0.6 is 0 Å². The van der Waals surface area contributed by atoms with E-state index in [1.165, 1.54) is 0 Å². The lowest BCUT2D eigenvalue weighted by molar-refractivity contribution is 0.129. The van der Waals surface area contributed by atoms with Gasteiger partial charge < -0.3 is 14.6 Å². The first-order valence-corrected chi connectivity index (χ1v) is 7.40. The lowest BCUT2D eigenvalue weighted by Crippen LogP contribution is -2.46. The number of aromatic nitrogens is 1. The maximum Gasteiger partial charge on any atom is 0.223 e. The van der Waals surface area contributed by atoms with Gasteiger partial charge in [0, 0.05) is 50.5 Å². The molecule has 2 heterocycles. The minimum Gasteiger partial charge on any atom is -0.503 e. The van der Waals surface area contributed by atoms with E-state index in [1.807, 2.05) is 4.57 Å². The molecule has 0 atom stereocenters. The molecule has 2 rings (SSSR count). The van der Waals surface area contributed by atoms with Crippen LogP contribution in [0.1, 0.15) is 32.5 Å². The van der Waals surface area contributed by atoms with Crippen LogP contribution in [0.15, 0.2) is 17.1 Å². The fourth-order valence-electron chi connectivity index (χ4n) is 2.68. The molecule has 0 radical (unpaired) electrons. The third-order valence-corrected chi connectivity index (χ3v) is 4.00. The lowest BCUT2D eigenvalue weighted by Gasteiger charge is -2.34. The Morgan fingerprint density at radius 2 is 1.80 bits per heavy atom. The van der Waals surface area contributed by atoms with Crippen molar-refractivity contribution in [1.29, 1.82) is 0 Å². The van der Waals surface area contributed by atoms with Gasteiger partial charge in [-0.3, -0.25) is 9.69 Å². The Bertz CT molecular complexity index is 502. The second-order valence-electron chi connectivity index (χ2n) is 5.73. The molecule has 1 fully saturated rings. The van der Waals surface area contributed by atoms with Crippen LogP contribution < -0.4 is 5.43 Å². The van der Waals surface area contributed by atoms with Gasteiger partial charge in [0.15, 0.2) is 5.75 Å². The zero-order chi connectivity index (χ0) is 14.7. The van der Waals surface area contributed by atoms with Crippen LogP contribution in [0.25, 0.3) is 0 Å².